The molecule has 3 aromatic rings. The first-order valence-electron chi connectivity index (χ1n) is 12.9. The Morgan fingerprint density at radius 2 is 1.85 bits per heavy atom. The second kappa shape index (κ2) is 13.8. The minimum atomic E-state index is -3.45. The van der Waals surface area contributed by atoms with Crippen LogP contribution in [0.1, 0.15) is 31.2 Å². The van der Waals surface area contributed by atoms with Crippen molar-refractivity contribution in [3.8, 4) is 5.88 Å². The van der Waals surface area contributed by atoms with E-state index in [2.05, 4.69) is 25.7 Å². The Bertz CT molecular complexity index is 1390. The number of fused-ring (bicyclic) bond motifs is 1. The quantitative estimate of drug-likeness (QED) is 0.220. The third-order valence-electron chi connectivity index (χ3n) is 6.06. The number of sulfone groups is 1. The monoisotopic (exact) mass is 574 g/mol. The Labute approximate surface area is 232 Å². The maximum Gasteiger partial charge on any atom is 0.278 e. The van der Waals surface area contributed by atoms with Crippen LogP contribution in [0, 0.1) is 0 Å². The summed E-state index contributed by atoms with van der Waals surface area (Å²) < 4.78 is 36.0. The van der Waals surface area contributed by atoms with Gasteiger partial charge in [0.05, 0.1) is 17.3 Å². The van der Waals surface area contributed by atoms with Gasteiger partial charge in [-0.3, -0.25) is 15.1 Å². The largest absolute Gasteiger partial charge is 0.478 e. The highest BCUT2D eigenvalue weighted by Crippen LogP contribution is 2.27. The molecule has 0 atom stereocenters. The van der Waals surface area contributed by atoms with Gasteiger partial charge in [0.1, 0.15) is 10.3 Å². The fourth-order valence-corrected chi connectivity index (χ4v) is 6.13. The van der Waals surface area contributed by atoms with E-state index in [1.54, 1.807) is 18.2 Å². The number of ether oxygens (including phenoxy) is 2. The highest BCUT2D eigenvalue weighted by atomic mass is 32.2. The zero-order valence-corrected chi connectivity index (χ0v) is 23.8. The van der Waals surface area contributed by atoms with Crippen molar-refractivity contribution in [2.24, 2.45) is 5.10 Å². The van der Waals surface area contributed by atoms with Gasteiger partial charge in [0, 0.05) is 38.4 Å². The van der Waals surface area contributed by atoms with Crippen molar-refractivity contribution >= 4 is 48.3 Å². The molecule has 1 fully saturated rings. The van der Waals surface area contributed by atoms with Gasteiger partial charge >= 0.3 is 0 Å². The first-order chi connectivity index (χ1) is 18.9. The molecule has 3 heterocycles. The van der Waals surface area contributed by atoms with Gasteiger partial charge in [-0.05, 0) is 57.5 Å². The lowest BCUT2D eigenvalue weighted by Gasteiger charge is -2.14. The smallest absolute Gasteiger partial charge is 0.278 e. The summed E-state index contributed by atoms with van der Waals surface area (Å²) in [6, 6.07) is 9.85. The van der Waals surface area contributed by atoms with Gasteiger partial charge in [0.15, 0.2) is 20.7 Å². The predicted molar refractivity (Wildman–Crippen MR) is 152 cm³/mol. The second-order valence-electron chi connectivity index (χ2n) is 9.05. The van der Waals surface area contributed by atoms with Crippen molar-refractivity contribution in [1.29, 1.82) is 0 Å². The van der Waals surface area contributed by atoms with Crippen LogP contribution < -0.4 is 15.4 Å². The molecule has 0 unspecified atom stereocenters. The van der Waals surface area contributed by atoms with E-state index in [-0.39, 0.29) is 16.4 Å². The Morgan fingerprint density at radius 3 is 2.56 bits per heavy atom. The number of carbonyl (C=O) groups excluding carboxylic acids is 1. The Balaban J connectivity index is 1.51. The lowest BCUT2D eigenvalue weighted by atomic mass is 10.1. The molecule has 11 nitrogen and oxygen atoms in total. The van der Waals surface area contributed by atoms with Gasteiger partial charge in [0.2, 0.25) is 5.88 Å². The number of rotatable bonds is 14. The van der Waals surface area contributed by atoms with Crippen LogP contribution in [-0.2, 0) is 19.4 Å². The number of anilines is 1. The van der Waals surface area contributed by atoms with E-state index in [1.165, 1.54) is 30.6 Å². The molecule has 39 heavy (non-hydrogen) atoms. The van der Waals surface area contributed by atoms with Gasteiger partial charge in [-0.15, -0.1) is 0 Å². The lowest BCUT2D eigenvalue weighted by molar-refractivity contribution is -0.110. The molecule has 13 heteroatoms. The van der Waals surface area contributed by atoms with Crippen LogP contribution in [0.2, 0.25) is 0 Å². The lowest BCUT2D eigenvalue weighted by Crippen LogP contribution is -2.27. The summed E-state index contributed by atoms with van der Waals surface area (Å²) in [4.78, 5) is 23.3. The molecule has 1 amide bonds. The van der Waals surface area contributed by atoms with E-state index in [9.17, 15) is 13.2 Å². The summed E-state index contributed by atoms with van der Waals surface area (Å²) in [7, 11) is -0.0207. The normalized spacial score (nSPS) is 14.2. The topological polar surface area (TPSA) is 135 Å². The van der Waals surface area contributed by atoms with Crippen molar-refractivity contribution in [2.75, 3.05) is 58.1 Å². The number of nitrogens with one attached hydrogen (secondary N) is 2. The van der Waals surface area contributed by atoms with Crippen LogP contribution in [-0.4, -0.2) is 87.8 Å². The molecule has 1 aliphatic heterocycles. The zero-order valence-electron chi connectivity index (χ0n) is 22.2. The van der Waals surface area contributed by atoms with Gasteiger partial charge < -0.3 is 14.8 Å². The molecule has 0 radical (unpaired) electrons. The summed E-state index contributed by atoms with van der Waals surface area (Å²) in [6.45, 7) is 3.28. The zero-order chi connectivity index (χ0) is 27.7. The molecule has 0 spiro atoms. The number of methoxy groups -OCH3 is 1. The van der Waals surface area contributed by atoms with E-state index >= 15 is 0 Å². The SMILES string of the molecule is CNCCCOc1ccc2nc(NC(=O)C(=NN3CCCC3)c3ccc(S(=O)(=O)CCCOC)cc3)sc2n1. The Hall–Kier alpha value is -3.13. The molecule has 2 aromatic heterocycles. The number of hydrogen-bond donors (Lipinski definition) is 2. The van der Waals surface area contributed by atoms with Crippen LogP contribution in [0.15, 0.2) is 46.4 Å². The number of thiazole rings is 1. The summed E-state index contributed by atoms with van der Waals surface area (Å²) in [5.74, 6) is 0.0675. The average molecular weight is 575 g/mol. The summed E-state index contributed by atoms with van der Waals surface area (Å²) in [6.07, 6.45) is 3.27. The molecule has 4 rings (SSSR count). The highest BCUT2D eigenvalue weighted by molar-refractivity contribution is 7.91. The van der Waals surface area contributed by atoms with Crippen molar-refractivity contribution < 1.29 is 22.7 Å². The van der Waals surface area contributed by atoms with Crippen molar-refractivity contribution in [3.05, 3.63) is 42.0 Å². The molecule has 0 bridgehead atoms. The molecule has 1 aliphatic rings. The maximum atomic E-state index is 13.4. The van der Waals surface area contributed by atoms with Crippen molar-refractivity contribution in [1.82, 2.24) is 20.3 Å². The fourth-order valence-electron chi connectivity index (χ4n) is 4.02. The minimum absolute atomic E-state index is 0.0102. The predicted octanol–water partition coefficient (Wildman–Crippen LogP) is 2.93. The Morgan fingerprint density at radius 1 is 1.08 bits per heavy atom. The molecule has 2 N–H and O–H groups in total. The van der Waals surface area contributed by atoms with Gasteiger partial charge in [0.25, 0.3) is 5.91 Å². The van der Waals surface area contributed by atoms with Crippen molar-refractivity contribution in [3.63, 3.8) is 0 Å². The minimum Gasteiger partial charge on any atom is -0.478 e. The number of amides is 1. The van der Waals surface area contributed by atoms with E-state index in [4.69, 9.17) is 9.47 Å². The first kappa shape index (κ1) is 28.9. The van der Waals surface area contributed by atoms with Crippen LogP contribution >= 0.6 is 11.3 Å². The van der Waals surface area contributed by atoms with Crippen molar-refractivity contribution in [2.45, 2.75) is 30.6 Å². The number of carbonyl (C=O) groups is 1. The van der Waals surface area contributed by atoms with E-state index in [1.807, 2.05) is 18.1 Å². The second-order valence-corrected chi connectivity index (χ2v) is 12.1. The molecular weight excluding hydrogens is 540 g/mol. The molecule has 210 valence electrons. The maximum absolute atomic E-state index is 13.4. The summed E-state index contributed by atoms with van der Waals surface area (Å²) >= 11 is 1.25. The van der Waals surface area contributed by atoms with Crippen LogP contribution in [0.3, 0.4) is 0 Å². The first-order valence-corrected chi connectivity index (χ1v) is 15.4. The third kappa shape index (κ3) is 7.94. The molecular formula is C26H34N6O5S2. The number of hydrazone groups is 1. The average Bonchev–Trinajstić information content (AvgIpc) is 3.59. The number of hydrogen-bond acceptors (Lipinski definition) is 11. The molecule has 0 saturated carbocycles. The standard InChI is InChI=1S/C26H34N6O5S2/c1-27-13-5-17-37-22-12-11-21-25(29-22)38-26(28-21)30-24(33)23(31-32-14-3-4-15-32)19-7-9-20(10-8-19)39(34,35)18-6-16-36-2/h7-12,27H,3-6,13-18H2,1-2H3,(H,28,30,33). The Kier molecular flexibility index (Phi) is 10.2. The van der Waals surface area contributed by atoms with Gasteiger partial charge in [-0.2, -0.15) is 5.10 Å². The number of nitrogens with zero attached hydrogens (tertiary/aromatic N) is 4. The van der Waals surface area contributed by atoms with Gasteiger partial charge in [-0.25, -0.2) is 18.4 Å². The van der Waals surface area contributed by atoms with Gasteiger partial charge in [-0.1, -0.05) is 23.5 Å². The van der Waals surface area contributed by atoms with E-state index in [0.717, 1.165) is 38.9 Å². The highest BCUT2D eigenvalue weighted by Gasteiger charge is 2.21. The fraction of sp³-hybridized carbons (Fsp3) is 0.462. The number of aromatic nitrogens is 2. The molecule has 0 aliphatic carbocycles. The van der Waals surface area contributed by atoms with Crippen LogP contribution in [0.5, 0.6) is 5.88 Å². The van der Waals surface area contributed by atoms with E-state index in [0.29, 0.717) is 46.6 Å². The summed E-state index contributed by atoms with van der Waals surface area (Å²) in [5, 5.41) is 12.8. The number of benzene rings is 1. The third-order valence-corrected chi connectivity index (χ3v) is 8.76. The number of pyridine rings is 1. The summed E-state index contributed by atoms with van der Waals surface area (Å²) in [5.41, 5.74) is 1.37. The molecule has 1 aromatic carbocycles. The van der Waals surface area contributed by atoms with Crippen LogP contribution in [0.25, 0.3) is 10.3 Å². The van der Waals surface area contributed by atoms with Crippen LogP contribution in [0.4, 0.5) is 5.13 Å². The van der Waals surface area contributed by atoms with E-state index < -0.39 is 15.7 Å². The molecule has 1 saturated heterocycles.